The van der Waals surface area contributed by atoms with Crippen LogP contribution in [0.3, 0.4) is 0 Å². The molecule has 96 valence electrons. The second-order valence-electron chi connectivity index (χ2n) is 3.92. The van der Waals surface area contributed by atoms with Crippen molar-refractivity contribution in [2.75, 3.05) is 0 Å². The number of hydrogen-bond donors (Lipinski definition) is 0. The maximum Gasteiger partial charge on any atom is 0.416 e. The van der Waals surface area contributed by atoms with E-state index in [0.29, 0.717) is 5.56 Å². The van der Waals surface area contributed by atoms with E-state index in [1.807, 2.05) is 0 Å². The van der Waals surface area contributed by atoms with E-state index in [9.17, 15) is 17.6 Å². The summed E-state index contributed by atoms with van der Waals surface area (Å²) >= 11 is 0. The van der Waals surface area contributed by atoms with Crippen molar-refractivity contribution in [2.45, 2.75) is 6.18 Å². The topological polar surface area (TPSA) is 0 Å². The molecule has 0 spiro atoms. The van der Waals surface area contributed by atoms with Gasteiger partial charge >= 0.3 is 6.18 Å². The number of rotatable bonds is 1. The van der Waals surface area contributed by atoms with Gasteiger partial charge < -0.3 is 0 Å². The Morgan fingerprint density at radius 2 is 1.74 bits per heavy atom. The molecule has 0 aromatic heterocycles. The maximum absolute atomic E-state index is 13.7. The lowest BCUT2D eigenvalue weighted by atomic mass is 10.0. The molecule has 0 radical (unpaired) electrons. The first-order chi connectivity index (χ1) is 8.91. The van der Waals surface area contributed by atoms with E-state index in [1.165, 1.54) is 24.3 Å². The fourth-order valence-electron chi connectivity index (χ4n) is 1.70. The van der Waals surface area contributed by atoms with Crippen LogP contribution in [-0.2, 0) is 6.18 Å². The minimum atomic E-state index is -4.46. The molecule has 0 unspecified atom stereocenters. The summed E-state index contributed by atoms with van der Waals surface area (Å²) in [6.07, 6.45) is 0.731. The van der Waals surface area contributed by atoms with E-state index >= 15 is 0 Å². The van der Waals surface area contributed by atoms with Crippen molar-refractivity contribution in [2.24, 2.45) is 0 Å². The predicted octanol–water partition coefficient (Wildman–Crippen LogP) is 4.49. The van der Waals surface area contributed by atoms with E-state index in [1.54, 1.807) is 0 Å². The number of benzene rings is 2. The molecule has 0 amide bonds. The Morgan fingerprint density at radius 3 is 2.37 bits per heavy atom. The summed E-state index contributed by atoms with van der Waals surface area (Å²) in [4.78, 5) is 0. The molecule has 0 aliphatic carbocycles. The third kappa shape index (κ3) is 2.76. The zero-order chi connectivity index (χ0) is 14.0. The highest BCUT2D eigenvalue weighted by atomic mass is 19.4. The molecule has 0 N–H and O–H groups in total. The van der Waals surface area contributed by atoms with E-state index in [4.69, 9.17) is 6.42 Å². The average Bonchev–Trinajstić information content (AvgIpc) is 2.38. The van der Waals surface area contributed by atoms with Crippen molar-refractivity contribution in [1.29, 1.82) is 0 Å². The molecule has 0 aliphatic rings. The van der Waals surface area contributed by atoms with Crippen molar-refractivity contribution < 1.29 is 17.6 Å². The zero-order valence-corrected chi connectivity index (χ0v) is 9.63. The van der Waals surface area contributed by atoms with Gasteiger partial charge in [0.25, 0.3) is 0 Å². The summed E-state index contributed by atoms with van der Waals surface area (Å²) in [5.41, 5.74) is -0.213. The Hall–Kier alpha value is -2.28. The highest BCUT2D eigenvalue weighted by molar-refractivity contribution is 5.67. The Labute approximate surface area is 107 Å². The lowest BCUT2D eigenvalue weighted by Gasteiger charge is -2.09. The third-order valence-corrected chi connectivity index (χ3v) is 2.63. The Balaban J connectivity index is 2.57. The molecule has 0 fully saturated rings. The summed E-state index contributed by atoms with van der Waals surface area (Å²) in [5.74, 6) is 1.71. The smallest absolute Gasteiger partial charge is 0.206 e. The molecule has 0 nitrogen and oxygen atoms in total. The molecule has 0 heterocycles. The van der Waals surface area contributed by atoms with Gasteiger partial charge in [0.1, 0.15) is 5.82 Å². The summed E-state index contributed by atoms with van der Waals surface area (Å²) in [5, 5.41) is 0. The summed E-state index contributed by atoms with van der Waals surface area (Å²) < 4.78 is 51.5. The first kappa shape index (κ1) is 13.2. The van der Waals surface area contributed by atoms with Crippen LogP contribution in [0.25, 0.3) is 11.1 Å². The van der Waals surface area contributed by atoms with Gasteiger partial charge in [0.15, 0.2) is 0 Å². The van der Waals surface area contributed by atoms with Gasteiger partial charge in [-0.3, -0.25) is 0 Å². The molecule has 2 aromatic rings. The van der Waals surface area contributed by atoms with Crippen LogP contribution >= 0.6 is 0 Å². The normalized spacial score (nSPS) is 11.1. The van der Waals surface area contributed by atoms with Crippen LogP contribution in [0.15, 0.2) is 42.5 Å². The Bertz CT molecular complexity index is 648. The molecule has 0 aliphatic heterocycles. The standard InChI is InChI=1S/C15H8F4/c1-2-10-6-7-14(16)13(8-10)11-4-3-5-12(9-11)15(17,18)19/h1,3-9H. The number of halogens is 4. The van der Waals surface area contributed by atoms with Gasteiger partial charge in [0.05, 0.1) is 5.56 Å². The van der Waals surface area contributed by atoms with E-state index < -0.39 is 17.6 Å². The molecule has 19 heavy (non-hydrogen) atoms. The van der Waals surface area contributed by atoms with E-state index in [-0.39, 0.29) is 11.1 Å². The van der Waals surface area contributed by atoms with Gasteiger partial charge in [-0.15, -0.1) is 6.42 Å². The second kappa shape index (κ2) is 4.77. The first-order valence-electron chi connectivity index (χ1n) is 5.35. The molecule has 2 rings (SSSR count). The van der Waals surface area contributed by atoms with Crippen LogP contribution in [0.1, 0.15) is 11.1 Å². The number of alkyl halides is 3. The van der Waals surface area contributed by atoms with Crippen LogP contribution in [0, 0.1) is 18.2 Å². The lowest BCUT2D eigenvalue weighted by Crippen LogP contribution is -2.04. The molecule has 2 aromatic carbocycles. The number of terminal acetylenes is 1. The summed E-state index contributed by atoms with van der Waals surface area (Å²) in [6.45, 7) is 0. The summed E-state index contributed by atoms with van der Waals surface area (Å²) in [7, 11) is 0. The van der Waals surface area contributed by atoms with Gasteiger partial charge in [-0.1, -0.05) is 18.1 Å². The molecule has 0 saturated carbocycles. The van der Waals surface area contributed by atoms with Crippen molar-refractivity contribution in [3.05, 3.63) is 59.4 Å². The van der Waals surface area contributed by atoms with Crippen LogP contribution in [-0.4, -0.2) is 0 Å². The van der Waals surface area contributed by atoms with Gasteiger partial charge in [-0.2, -0.15) is 13.2 Å². The number of hydrogen-bond acceptors (Lipinski definition) is 0. The third-order valence-electron chi connectivity index (χ3n) is 2.63. The zero-order valence-electron chi connectivity index (χ0n) is 9.63. The Kier molecular flexibility index (Phi) is 3.30. The van der Waals surface area contributed by atoms with Crippen molar-refractivity contribution in [3.63, 3.8) is 0 Å². The van der Waals surface area contributed by atoms with E-state index in [0.717, 1.165) is 18.2 Å². The molecule has 0 saturated heterocycles. The van der Waals surface area contributed by atoms with Crippen molar-refractivity contribution in [3.8, 4) is 23.5 Å². The second-order valence-corrected chi connectivity index (χ2v) is 3.92. The highest BCUT2D eigenvalue weighted by Crippen LogP contribution is 2.33. The van der Waals surface area contributed by atoms with Gasteiger partial charge in [0, 0.05) is 11.1 Å². The van der Waals surface area contributed by atoms with Crippen molar-refractivity contribution in [1.82, 2.24) is 0 Å². The summed E-state index contributed by atoms with van der Waals surface area (Å²) in [6, 6.07) is 8.38. The highest BCUT2D eigenvalue weighted by Gasteiger charge is 2.30. The SMILES string of the molecule is C#Cc1ccc(F)c(-c2cccc(C(F)(F)F)c2)c1. The van der Waals surface area contributed by atoms with Crippen molar-refractivity contribution >= 4 is 0 Å². The largest absolute Gasteiger partial charge is 0.416 e. The lowest BCUT2D eigenvalue weighted by molar-refractivity contribution is -0.137. The van der Waals surface area contributed by atoms with Crippen LogP contribution in [0.5, 0.6) is 0 Å². The van der Waals surface area contributed by atoms with Crippen LogP contribution in [0.2, 0.25) is 0 Å². The van der Waals surface area contributed by atoms with Gasteiger partial charge in [-0.25, -0.2) is 4.39 Å². The quantitative estimate of drug-likeness (QED) is 0.525. The maximum atomic E-state index is 13.7. The molecular formula is C15H8F4. The van der Waals surface area contributed by atoms with Crippen LogP contribution < -0.4 is 0 Å². The molecule has 0 bridgehead atoms. The van der Waals surface area contributed by atoms with E-state index in [2.05, 4.69) is 5.92 Å². The minimum Gasteiger partial charge on any atom is -0.206 e. The Morgan fingerprint density at radius 1 is 1.00 bits per heavy atom. The predicted molar refractivity (Wildman–Crippen MR) is 64.8 cm³/mol. The van der Waals surface area contributed by atoms with Gasteiger partial charge in [-0.05, 0) is 35.9 Å². The van der Waals surface area contributed by atoms with Crippen LogP contribution in [0.4, 0.5) is 17.6 Å². The van der Waals surface area contributed by atoms with Gasteiger partial charge in [0.2, 0.25) is 0 Å². The molecule has 4 heteroatoms. The minimum absolute atomic E-state index is 0.0570. The average molecular weight is 264 g/mol. The first-order valence-corrected chi connectivity index (χ1v) is 5.35. The molecule has 0 atom stereocenters. The fraction of sp³-hybridized carbons (Fsp3) is 0.0667. The monoisotopic (exact) mass is 264 g/mol. The molecular weight excluding hydrogens is 256 g/mol. The fourth-order valence-corrected chi connectivity index (χ4v) is 1.70.